The van der Waals surface area contributed by atoms with Gasteiger partial charge < -0.3 is 14.8 Å². The Morgan fingerprint density at radius 2 is 1.61 bits per heavy atom. The summed E-state index contributed by atoms with van der Waals surface area (Å²) in [6.07, 6.45) is 0. The molecule has 0 aliphatic rings. The summed E-state index contributed by atoms with van der Waals surface area (Å²) in [5, 5.41) is 3.34. The molecule has 0 saturated carbocycles. The maximum atomic E-state index is 13.3. The Kier molecular flexibility index (Phi) is 9.45. The largest absolute Gasteiger partial charge is 0.489 e. The van der Waals surface area contributed by atoms with Gasteiger partial charge in [-0.15, -0.1) is 0 Å². The minimum absolute atomic E-state index is 0.249. The summed E-state index contributed by atoms with van der Waals surface area (Å²) in [5.74, 6) is 0.790. The van der Waals surface area contributed by atoms with Gasteiger partial charge in [0.05, 0.1) is 11.5 Å². The molecule has 0 unspecified atom stereocenters. The van der Waals surface area contributed by atoms with Crippen LogP contribution in [0.3, 0.4) is 0 Å². The smallest absolute Gasteiger partial charge is 0.243 e. The van der Waals surface area contributed by atoms with Crippen LogP contribution in [-0.4, -0.2) is 39.5 Å². The van der Waals surface area contributed by atoms with Gasteiger partial charge in [-0.3, -0.25) is 0 Å². The van der Waals surface area contributed by atoms with E-state index >= 15 is 0 Å². The predicted octanol–water partition coefficient (Wildman–Crippen LogP) is 4.21. The van der Waals surface area contributed by atoms with Crippen molar-refractivity contribution in [3.8, 4) is 5.75 Å². The molecule has 0 bridgehead atoms. The van der Waals surface area contributed by atoms with E-state index in [1.807, 2.05) is 55.5 Å². The topological polar surface area (TPSA) is 67.9 Å². The maximum absolute atomic E-state index is 13.3. The molecule has 176 valence electrons. The molecular formula is C26H32N2O4S. The van der Waals surface area contributed by atoms with E-state index in [0.717, 1.165) is 29.0 Å². The van der Waals surface area contributed by atoms with E-state index < -0.39 is 10.0 Å². The van der Waals surface area contributed by atoms with Crippen molar-refractivity contribution in [2.45, 2.75) is 31.5 Å². The Labute approximate surface area is 197 Å². The van der Waals surface area contributed by atoms with Crippen molar-refractivity contribution in [1.29, 1.82) is 0 Å². The molecule has 6 nitrogen and oxygen atoms in total. The van der Waals surface area contributed by atoms with E-state index in [9.17, 15) is 8.42 Å². The minimum Gasteiger partial charge on any atom is -0.489 e. The van der Waals surface area contributed by atoms with Crippen LogP contribution in [0.2, 0.25) is 0 Å². The summed E-state index contributed by atoms with van der Waals surface area (Å²) in [6, 6.07) is 24.4. The van der Waals surface area contributed by atoms with Gasteiger partial charge in [-0.1, -0.05) is 61.5 Å². The van der Waals surface area contributed by atoms with Gasteiger partial charge in [0.2, 0.25) is 10.0 Å². The molecule has 33 heavy (non-hydrogen) atoms. The SMILES string of the molecule is CCNCc1cc(CN(CCOC)S(=O)(=O)c2ccccc2)ccc1OCc1ccccc1. The molecule has 0 atom stereocenters. The zero-order valence-corrected chi connectivity index (χ0v) is 20.1. The van der Waals surface area contributed by atoms with Crippen molar-refractivity contribution >= 4 is 10.0 Å². The molecule has 3 aromatic carbocycles. The number of nitrogens with one attached hydrogen (secondary N) is 1. The number of nitrogens with zero attached hydrogens (tertiary/aromatic N) is 1. The van der Waals surface area contributed by atoms with Crippen LogP contribution in [0, 0.1) is 0 Å². The second-order valence-electron chi connectivity index (χ2n) is 7.64. The second kappa shape index (κ2) is 12.5. The lowest BCUT2D eigenvalue weighted by Gasteiger charge is -2.23. The average molecular weight is 469 g/mol. The molecule has 0 aromatic heterocycles. The zero-order chi connectivity index (χ0) is 23.5. The van der Waals surface area contributed by atoms with Crippen molar-refractivity contribution in [2.75, 3.05) is 26.8 Å². The number of benzene rings is 3. The molecule has 0 heterocycles. The summed E-state index contributed by atoms with van der Waals surface area (Å²) in [5.41, 5.74) is 2.98. The highest BCUT2D eigenvalue weighted by molar-refractivity contribution is 7.89. The van der Waals surface area contributed by atoms with Gasteiger partial charge in [0.15, 0.2) is 0 Å². The van der Waals surface area contributed by atoms with Crippen LogP contribution >= 0.6 is 0 Å². The van der Waals surface area contributed by atoms with Crippen molar-refractivity contribution < 1.29 is 17.9 Å². The van der Waals surface area contributed by atoms with Gasteiger partial charge in [-0.25, -0.2) is 8.42 Å². The van der Waals surface area contributed by atoms with Gasteiger partial charge in [0, 0.05) is 32.3 Å². The Morgan fingerprint density at radius 3 is 2.27 bits per heavy atom. The average Bonchev–Trinajstić information content (AvgIpc) is 2.85. The normalized spacial score (nSPS) is 11.6. The molecular weight excluding hydrogens is 436 g/mol. The molecule has 0 spiro atoms. The first-order valence-electron chi connectivity index (χ1n) is 11.1. The third kappa shape index (κ3) is 7.14. The minimum atomic E-state index is -3.65. The Bertz CT molecular complexity index is 1090. The number of methoxy groups -OCH3 is 1. The van der Waals surface area contributed by atoms with Crippen LogP contribution in [0.5, 0.6) is 5.75 Å². The highest BCUT2D eigenvalue weighted by Crippen LogP contribution is 2.24. The summed E-state index contributed by atoms with van der Waals surface area (Å²) in [4.78, 5) is 0.275. The van der Waals surface area contributed by atoms with Crippen molar-refractivity contribution in [3.63, 3.8) is 0 Å². The highest BCUT2D eigenvalue weighted by atomic mass is 32.2. The fraction of sp³-hybridized carbons (Fsp3) is 0.308. The van der Waals surface area contributed by atoms with E-state index in [-0.39, 0.29) is 18.0 Å². The fourth-order valence-electron chi connectivity index (χ4n) is 3.43. The molecule has 3 rings (SSSR count). The van der Waals surface area contributed by atoms with Crippen LogP contribution in [0.1, 0.15) is 23.6 Å². The molecule has 7 heteroatoms. The van der Waals surface area contributed by atoms with Gasteiger partial charge >= 0.3 is 0 Å². The lowest BCUT2D eigenvalue weighted by molar-refractivity contribution is 0.177. The van der Waals surface area contributed by atoms with Crippen molar-refractivity contribution in [3.05, 3.63) is 95.6 Å². The summed E-state index contributed by atoms with van der Waals surface area (Å²) >= 11 is 0. The van der Waals surface area contributed by atoms with Crippen LogP contribution in [0.25, 0.3) is 0 Å². The lowest BCUT2D eigenvalue weighted by Crippen LogP contribution is -2.33. The maximum Gasteiger partial charge on any atom is 0.243 e. The fourth-order valence-corrected chi connectivity index (χ4v) is 4.86. The van der Waals surface area contributed by atoms with Crippen molar-refractivity contribution in [2.24, 2.45) is 0 Å². The van der Waals surface area contributed by atoms with Crippen LogP contribution < -0.4 is 10.1 Å². The number of hydrogen-bond acceptors (Lipinski definition) is 5. The number of sulfonamides is 1. The molecule has 0 radical (unpaired) electrons. The van der Waals surface area contributed by atoms with Crippen molar-refractivity contribution in [1.82, 2.24) is 9.62 Å². The third-order valence-electron chi connectivity index (χ3n) is 5.21. The first kappa shape index (κ1) is 24.9. The standard InChI is InChI=1S/C26H32N2O4S/c1-3-27-19-24-18-23(14-15-26(24)32-21-22-10-6-4-7-11-22)20-28(16-17-31-2)33(29,30)25-12-8-5-9-13-25/h4-15,18,27H,3,16-17,19-21H2,1-2H3. The van der Waals surface area contributed by atoms with Crippen LogP contribution in [0.4, 0.5) is 0 Å². The second-order valence-corrected chi connectivity index (χ2v) is 9.58. The molecule has 0 aliphatic carbocycles. The summed E-state index contributed by atoms with van der Waals surface area (Å²) in [7, 11) is -2.08. The number of hydrogen-bond donors (Lipinski definition) is 1. The molecule has 0 amide bonds. The zero-order valence-electron chi connectivity index (χ0n) is 19.2. The molecule has 0 fully saturated rings. The Morgan fingerprint density at radius 1 is 0.909 bits per heavy atom. The van der Waals surface area contributed by atoms with Crippen LogP contribution in [0.15, 0.2) is 83.8 Å². The predicted molar refractivity (Wildman–Crippen MR) is 131 cm³/mol. The van der Waals surface area contributed by atoms with Gasteiger partial charge in [-0.05, 0) is 41.9 Å². The Hall–Kier alpha value is -2.71. The van der Waals surface area contributed by atoms with Gasteiger partial charge in [-0.2, -0.15) is 4.31 Å². The van der Waals surface area contributed by atoms with E-state index in [4.69, 9.17) is 9.47 Å². The van der Waals surface area contributed by atoms with E-state index in [0.29, 0.717) is 19.8 Å². The number of ether oxygens (including phenoxy) is 2. The highest BCUT2D eigenvalue weighted by Gasteiger charge is 2.24. The van der Waals surface area contributed by atoms with Gasteiger partial charge in [0.25, 0.3) is 0 Å². The first-order valence-corrected chi connectivity index (χ1v) is 12.5. The molecule has 3 aromatic rings. The molecule has 0 saturated heterocycles. The third-order valence-corrected chi connectivity index (χ3v) is 7.07. The van der Waals surface area contributed by atoms with Gasteiger partial charge in [0.1, 0.15) is 12.4 Å². The van der Waals surface area contributed by atoms with E-state index in [1.54, 1.807) is 37.4 Å². The summed E-state index contributed by atoms with van der Waals surface area (Å²) < 4.78 is 39.2. The monoisotopic (exact) mass is 468 g/mol. The molecule has 0 aliphatic heterocycles. The van der Waals surface area contributed by atoms with Crippen LogP contribution in [-0.2, 0) is 34.5 Å². The van der Waals surface area contributed by atoms with E-state index in [1.165, 1.54) is 4.31 Å². The Balaban J connectivity index is 1.83. The van der Waals surface area contributed by atoms with E-state index in [2.05, 4.69) is 5.32 Å². The lowest BCUT2D eigenvalue weighted by atomic mass is 10.1. The number of rotatable bonds is 13. The quantitative estimate of drug-likeness (QED) is 0.407. The molecule has 1 N–H and O–H groups in total. The summed E-state index contributed by atoms with van der Waals surface area (Å²) in [6.45, 7) is 4.81. The first-order chi connectivity index (χ1) is 16.0.